The molecule has 1 aromatic heterocycles. The van der Waals surface area contributed by atoms with E-state index in [-0.39, 0.29) is 5.69 Å². The summed E-state index contributed by atoms with van der Waals surface area (Å²) in [5.41, 5.74) is -0.348. The number of esters is 1. The third-order valence-corrected chi connectivity index (χ3v) is 2.37. The molecule has 22 heavy (non-hydrogen) atoms. The van der Waals surface area contributed by atoms with Crippen molar-refractivity contribution in [2.24, 2.45) is 0 Å². The lowest BCUT2D eigenvalue weighted by atomic mass is 10.2. The third kappa shape index (κ3) is 6.87. The molecule has 0 fully saturated rings. The predicted octanol–water partition coefficient (Wildman–Crippen LogP) is 1.59. The van der Waals surface area contributed by atoms with Gasteiger partial charge in [-0.3, -0.25) is 0 Å². The van der Waals surface area contributed by atoms with E-state index < -0.39 is 17.7 Å². The molecule has 0 aliphatic rings. The number of hydrogen-bond donors (Lipinski definition) is 2. The summed E-state index contributed by atoms with van der Waals surface area (Å²) in [5.74, 6) is 0.0190. The molecule has 0 atom stereocenters. The van der Waals surface area contributed by atoms with Gasteiger partial charge in [-0.1, -0.05) is 0 Å². The summed E-state index contributed by atoms with van der Waals surface area (Å²) in [4.78, 5) is 30.6. The second-order valence-corrected chi connectivity index (χ2v) is 5.49. The Morgan fingerprint density at radius 3 is 2.45 bits per heavy atom. The van der Waals surface area contributed by atoms with Gasteiger partial charge in [-0.15, -0.1) is 0 Å². The zero-order chi connectivity index (χ0) is 16.6. The van der Waals surface area contributed by atoms with Crippen LogP contribution < -0.4 is 10.6 Å². The first kappa shape index (κ1) is 17.7. The van der Waals surface area contributed by atoms with Crippen LogP contribution in [0.2, 0.25) is 0 Å². The number of nitrogens with one attached hydrogen (secondary N) is 2. The average molecular weight is 310 g/mol. The molecule has 0 aromatic carbocycles. The van der Waals surface area contributed by atoms with Crippen LogP contribution in [0.5, 0.6) is 0 Å². The maximum atomic E-state index is 11.4. The van der Waals surface area contributed by atoms with Gasteiger partial charge in [0.15, 0.2) is 5.69 Å². The summed E-state index contributed by atoms with van der Waals surface area (Å²) in [6, 6.07) is 0. The summed E-state index contributed by atoms with van der Waals surface area (Å²) in [7, 11) is 1.29. The van der Waals surface area contributed by atoms with Gasteiger partial charge in [0.25, 0.3) is 0 Å². The Morgan fingerprint density at radius 1 is 1.18 bits per heavy atom. The number of amides is 1. The molecule has 0 saturated heterocycles. The molecule has 122 valence electrons. The first-order valence-electron chi connectivity index (χ1n) is 6.93. The smallest absolute Gasteiger partial charge is 0.407 e. The molecule has 0 aliphatic heterocycles. The topological polar surface area (TPSA) is 102 Å². The average Bonchev–Trinajstić information content (AvgIpc) is 2.45. The largest absolute Gasteiger partial charge is 0.464 e. The van der Waals surface area contributed by atoms with Gasteiger partial charge in [-0.2, -0.15) is 0 Å². The standard InChI is InChI=1S/C14H22N4O4/c1-14(2,3)22-13(20)16-7-5-6-15-11-9-17-10(8-18-11)12(19)21-4/h8-9H,5-7H2,1-4H3,(H,15,18)(H,16,20). The monoisotopic (exact) mass is 310 g/mol. The van der Waals surface area contributed by atoms with Crippen molar-refractivity contribution in [3.63, 3.8) is 0 Å². The lowest BCUT2D eigenvalue weighted by molar-refractivity contribution is 0.0526. The number of hydrogen-bond acceptors (Lipinski definition) is 7. The molecular weight excluding hydrogens is 288 g/mol. The number of carbonyl (C=O) groups excluding carboxylic acids is 2. The Bertz CT molecular complexity index is 497. The highest BCUT2D eigenvalue weighted by Gasteiger charge is 2.15. The first-order valence-corrected chi connectivity index (χ1v) is 6.93. The lowest BCUT2D eigenvalue weighted by Crippen LogP contribution is -2.33. The second-order valence-electron chi connectivity index (χ2n) is 5.49. The van der Waals surface area contributed by atoms with E-state index in [1.165, 1.54) is 19.5 Å². The molecule has 0 saturated carbocycles. The Morgan fingerprint density at radius 2 is 1.91 bits per heavy atom. The van der Waals surface area contributed by atoms with E-state index in [4.69, 9.17) is 4.74 Å². The number of nitrogens with zero attached hydrogens (tertiary/aromatic N) is 2. The minimum absolute atomic E-state index is 0.152. The summed E-state index contributed by atoms with van der Waals surface area (Å²) in [5, 5.41) is 5.69. The number of anilines is 1. The van der Waals surface area contributed by atoms with Gasteiger partial charge in [-0.05, 0) is 27.2 Å². The van der Waals surface area contributed by atoms with E-state index in [1.807, 2.05) is 20.8 Å². The number of methoxy groups -OCH3 is 1. The lowest BCUT2D eigenvalue weighted by Gasteiger charge is -2.19. The van der Waals surface area contributed by atoms with E-state index in [9.17, 15) is 9.59 Å². The summed E-state index contributed by atoms with van der Waals surface area (Å²) < 4.78 is 9.64. The van der Waals surface area contributed by atoms with Crippen molar-refractivity contribution in [1.82, 2.24) is 15.3 Å². The minimum atomic E-state index is -0.527. The zero-order valence-electron chi connectivity index (χ0n) is 13.3. The molecule has 0 radical (unpaired) electrons. The maximum Gasteiger partial charge on any atom is 0.407 e. The molecule has 1 amide bonds. The molecule has 8 nitrogen and oxygen atoms in total. The van der Waals surface area contributed by atoms with Crippen LogP contribution >= 0.6 is 0 Å². The van der Waals surface area contributed by atoms with Crippen molar-refractivity contribution < 1.29 is 19.1 Å². The molecule has 8 heteroatoms. The quantitative estimate of drug-likeness (QED) is 0.607. The fraction of sp³-hybridized carbons (Fsp3) is 0.571. The van der Waals surface area contributed by atoms with E-state index in [1.54, 1.807) is 0 Å². The number of rotatable bonds is 6. The van der Waals surface area contributed by atoms with Crippen LogP contribution in [-0.2, 0) is 9.47 Å². The molecule has 1 aromatic rings. The predicted molar refractivity (Wildman–Crippen MR) is 80.7 cm³/mol. The first-order chi connectivity index (χ1) is 10.3. The highest BCUT2D eigenvalue weighted by atomic mass is 16.6. The van der Waals surface area contributed by atoms with Gasteiger partial charge in [0, 0.05) is 13.1 Å². The van der Waals surface area contributed by atoms with Crippen LogP contribution in [-0.4, -0.2) is 47.8 Å². The van der Waals surface area contributed by atoms with Crippen molar-refractivity contribution in [3.05, 3.63) is 18.1 Å². The summed E-state index contributed by atoms with van der Waals surface area (Å²) in [6.45, 7) is 6.51. The van der Waals surface area contributed by atoms with Crippen LogP contribution in [0.25, 0.3) is 0 Å². The second kappa shape index (κ2) is 8.16. The van der Waals surface area contributed by atoms with E-state index in [0.29, 0.717) is 25.3 Å². The van der Waals surface area contributed by atoms with Gasteiger partial charge >= 0.3 is 12.1 Å². The Kier molecular flexibility index (Phi) is 6.55. The van der Waals surface area contributed by atoms with Gasteiger partial charge < -0.3 is 20.1 Å². The van der Waals surface area contributed by atoms with Crippen molar-refractivity contribution in [3.8, 4) is 0 Å². The molecule has 1 rings (SSSR count). The van der Waals surface area contributed by atoms with Crippen molar-refractivity contribution >= 4 is 17.9 Å². The normalized spacial score (nSPS) is 10.7. The van der Waals surface area contributed by atoms with E-state index >= 15 is 0 Å². The third-order valence-electron chi connectivity index (χ3n) is 2.37. The number of ether oxygens (including phenoxy) is 2. The highest BCUT2D eigenvalue weighted by molar-refractivity contribution is 5.86. The van der Waals surface area contributed by atoms with Crippen LogP contribution in [0, 0.1) is 0 Å². The Balaban J connectivity index is 2.22. The van der Waals surface area contributed by atoms with Gasteiger partial charge in [0.2, 0.25) is 0 Å². The molecule has 0 unspecified atom stereocenters. The highest BCUT2D eigenvalue weighted by Crippen LogP contribution is 2.06. The van der Waals surface area contributed by atoms with Crippen LogP contribution in [0.15, 0.2) is 12.4 Å². The number of alkyl carbamates (subject to hydrolysis) is 1. The SMILES string of the molecule is COC(=O)c1cnc(NCCCNC(=O)OC(C)(C)C)cn1. The van der Waals surface area contributed by atoms with Gasteiger partial charge in [0.05, 0.1) is 19.5 Å². The maximum absolute atomic E-state index is 11.4. The molecule has 0 aliphatic carbocycles. The fourth-order valence-corrected chi connectivity index (χ4v) is 1.44. The van der Waals surface area contributed by atoms with Gasteiger partial charge in [0.1, 0.15) is 11.4 Å². The molecule has 2 N–H and O–H groups in total. The molecule has 1 heterocycles. The minimum Gasteiger partial charge on any atom is -0.464 e. The molecule has 0 spiro atoms. The van der Waals surface area contributed by atoms with Crippen LogP contribution in [0.4, 0.5) is 10.6 Å². The van der Waals surface area contributed by atoms with Crippen molar-refractivity contribution in [1.29, 1.82) is 0 Å². The van der Waals surface area contributed by atoms with Crippen LogP contribution in [0.1, 0.15) is 37.7 Å². The number of aromatic nitrogens is 2. The summed E-state index contributed by atoms with van der Waals surface area (Å²) >= 11 is 0. The Hall–Kier alpha value is -2.38. The number of carbonyl (C=O) groups is 2. The van der Waals surface area contributed by atoms with E-state index in [2.05, 4.69) is 25.3 Å². The summed E-state index contributed by atoms with van der Waals surface area (Å²) in [6.07, 6.45) is 3.05. The van der Waals surface area contributed by atoms with Crippen molar-refractivity contribution in [2.45, 2.75) is 32.8 Å². The zero-order valence-corrected chi connectivity index (χ0v) is 13.3. The Labute approximate surface area is 129 Å². The van der Waals surface area contributed by atoms with Crippen molar-refractivity contribution in [2.75, 3.05) is 25.5 Å². The molecular formula is C14H22N4O4. The van der Waals surface area contributed by atoms with E-state index in [0.717, 1.165) is 0 Å². The van der Waals surface area contributed by atoms with Crippen LogP contribution in [0.3, 0.4) is 0 Å². The fourth-order valence-electron chi connectivity index (χ4n) is 1.44. The molecule has 0 bridgehead atoms. The van der Waals surface area contributed by atoms with Gasteiger partial charge in [-0.25, -0.2) is 19.6 Å².